The predicted molar refractivity (Wildman–Crippen MR) is 59.3 cm³/mol. The van der Waals surface area contributed by atoms with E-state index in [1.165, 1.54) is 0 Å². The molecule has 76 valence electrons. The number of hydrogen-bond acceptors (Lipinski definition) is 2. The Balaban J connectivity index is 2.76. The van der Waals surface area contributed by atoms with E-state index in [0.717, 1.165) is 6.54 Å². The summed E-state index contributed by atoms with van der Waals surface area (Å²) >= 11 is 11.5. The summed E-state index contributed by atoms with van der Waals surface area (Å²) in [6.07, 6.45) is 0. The first kappa shape index (κ1) is 11.5. The van der Waals surface area contributed by atoms with Crippen LogP contribution in [0.4, 0.5) is 0 Å². The zero-order valence-electron chi connectivity index (χ0n) is 7.81. The second kappa shape index (κ2) is 5.35. The maximum Gasteiger partial charge on any atom is 0.176 e. The van der Waals surface area contributed by atoms with Crippen molar-refractivity contribution in [2.24, 2.45) is 0 Å². The first-order valence-corrected chi connectivity index (χ1v) is 5.09. The SMILES string of the molecule is CCNCC(=O)c1ccc(Cl)c(Cl)c1. The van der Waals surface area contributed by atoms with Gasteiger partial charge in [-0.15, -0.1) is 0 Å². The molecule has 0 aliphatic carbocycles. The van der Waals surface area contributed by atoms with Crippen molar-refractivity contribution < 1.29 is 4.79 Å². The molecular formula is C10H11Cl2NO. The van der Waals surface area contributed by atoms with Crippen LogP contribution in [0, 0.1) is 0 Å². The second-order valence-electron chi connectivity index (χ2n) is 2.83. The number of likely N-dealkylation sites (N-methyl/N-ethyl adjacent to an activating group) is 1. The normalized spacial score (nSPS) is 10.2. The van der Waals surface area contributed by atoms with Gasteiger partial charge in [0.05, 0.1) is 16.6 Å². The van der Waals surface area contributed by atoms with Crippen LogP contribution in [0.5, 0.6) is 0 Å². The highest BCUT2D eigenvalue weighted by molar-refractivity contribution is 6.42. The summed E-state index contributed by atoms with van der Waals surface area (Å²) in [7, 11) is 0. The van der Waals surface area contributed by atoms with Gasteiger partial charge in [0.25, 0.3) is 0 Å². The van der Waals surface area contributed by atoms with Gasteiger partial charge in [0.15, 0.2) is 5.78 Å². The molecule has 0 saturated carbocycles. The van der Waals surface area contributed by atoms with Crippen LogP contribution in [-0.2, 0) is 0 Å². The van der Waals surface area contributed by atoms with Crippen LogP contribution < -0.4 is 5.32 Å². The molecule has 0 aliphatic rings. The molecule has 0 amide bonds. The highest BCUT2D eigenvalue weighted by Gasteiger charge is 2.06. The molecule has 0 atom stereocenters. The van der Waals surface area contributed by atoms with E-state index in [0.29, 0.717) is 22.2 Å². The third kappa shape index (κ3) is 2.98. The molecule has 0 saturated heterocycles. The fraction of sp³-hybridized carbons (Fsp3) is 0.300. The lowest BCUT2D eigenvalue weighted by atomic mass is 10.1. The minimum absolute atomic E-state index is 0.0189. The molecule has 1 rings (SSSR count). The minimum Gasteiger partial charge on any atom is -0.310 e. The second-order valence-corrected chi connectivity index (χ2v) is 3.65. The summed E-state index contributed by atoms with van der Waals surface area (Å²) in [5.74, 6) is 0.0189. The molecule has 0 unspecified atom stereocenters. The molecule has 0 fully saturated rings. The molecule has 0 aromatic heterocycles. The summed E-state index contributed by atoms with van der Waals surface area (Å²) in [6, 6.07) is 4.89. The van der Waals surface area contributed by atoms with Crippen LogP contribution in [0.3, 0.4) is 0 Å². The molecule has 2 nitrogen and oxygen atoms in total. The highest BCUT2D eigenvalue weighted by atomic mass is 35.5. The summed E-state index contributed by atoms with van der Waals surface area (Å²) in [5, 5.41) is 3.83. The molecule has 0 heterocycles. The molecule has 0 spiro atoms. The molecule has 1 aromatic carbocycles. The van der Waals surface area contributed by atoms with Gasteiger partial charge in [0, 0.05) is 5.56 Å². The van der Waals surface area contributed by atoms with Crippen molar-refractivity contribution in [1.29, 1.82) is 0 Å². The van der Waals surface area contributed by atoms with Crippen molar-refractivity contribution >= 4 is 29.0 Å². The molecule has 0 bridgehead atoms. The van der Waals surface area contributed by atoms with E-state index in [1.807, 2.05) is 6.92 Å². The van der Waals surface area contributed by atoms with Gasteiger partial charge in [-0.25, -0.2) is 0 Å². The van der Waals surface area contributed by atoms with E-state index < -0.39 is 0 Å². The first-order valence-electron chi connectivity index (χ1n) is 4.34. The van der Waals surface area contributed by atoms with Gasteiger partial charge < -0.3 is 5.32 Å². The van der Waals surface area contributed by atoms with Crippen molar-refractivity contribution in [2.45, 2.75) is 6.92 Å². The quantitative estimate of drug-likeness (QED) is 0.808. The maximum absolute atomic E-state index is 11.5. The lowest BCUT2D eigenvalue weighted by Gasteiger charge is -2.02. The van der Waals surface area contributed by atoms with Gasteiger partial charge in [-0.2, -0.15) is 0 Å². The van der Waals surface area contributed by atoms with E-state index >= 15 is 0 Å². The predicted octanol–water partition coefficient (Wildman–Crippen LogP) is 2.79. The van der Waals surface area contributed by atoms with Gasteiger partial charge in [-0.05, 0) is 24.7 Å². The Kier molecular flexibility index (Phi) is 4.39. The highest BCUT2D eigenvalue weighted by Crippen LogP contribution is 2.22. The van der Waals surface area contributed by atoms with Gasteiger partial charge in [0.1, 0.15) is 0 Å². The molecule has 0 aliphatic heterocycles. The molecular weight excluding hydrogens is 221 g/mol. The van der Waals surface area contributed by atoms with Crippen LogP contribution in [0.2, 0.25) is 10.0 Å². The van der Waals surface area contributed by atoms with Crippen LogP contribution in [0.15, 0.2) is 18.2 Å². The lowest BCUT2D eigenvalue weighted by Crippen LogP contribution is -2.22. The van der Waals surface area contributed by atoms with E-state index in [1.54, 1.807) is 18.2 Å². The average Bonchev–Trinajstić information content (AvgIpc) is 2.18. The molecule has 0 radical (unpaired) electrons. The van der Waals surface area contributed by atoms with Crippen molar-refractivity contribution in [3.05, 3.63) is 33.8 Å². The fourth-order valence-electron chi connectivity index (χ4n) is 1.01. The largest absolute Gasteiger partial charge is 0.310 e. The third-order valence-electron chi connectivity index (χ3n) is 1.78. The number of carbonyl (C=O) groups excluding carboxylic acids is 1. The number of nitrogens with one attached hydrogen (secondary N) is 1. The average molecular weight is 232 g/mol. The molecule has 4 heteroatoms. The van der Waals surface area contributed by atoms with Crippen LogP contribution >= 0.6 is 23.2 Å². The van der Waals surface area contributed by atoms with E-state index in [-0.39, 0.29) is 5.78 Å². The monoisotopic (exact) mass is 231 g/mol. The van der Waals surface area contributed by atoms with Gasteiger partial charge in [0.2, 0.25) is 0 Å². The number of benzene rings is 1. The topological polar surface area (TPSA) is 29.1 Å². The number of ketones is 1. The smallest absolute Gasteiger partial charge is 0.176 e. The van der Waals surface area contributed by atoms with Crippen molar-refractivity contribution in [3.63, 3.8) is 0 Å². The van der Waals surface area contributed by atoms with Crippen LogP contribution in [0.1, 0.15) is 17.3 Å². The van der Waals surface area contributed by atoms with Crippen molar-refractivity contribution in [3.8, 4) is 0 Å². The summed E-state index contributed by atoms with van der Waals surface area (Å²) in [4.78, 5) is 11.5. The van der Waals surface area contributed by atoms with Gasteiger partial charge in [-0.3, -0.25) is 4.79 Å². The van der Waals surface area contributed by atoms with Crippen molar-refractivity contribution in [1.82, 2.24) is 5.32 Å². The first-order chi connectivity index (χ1) is 6.65. The Morgan fingerprint density at radius 3 is 2.64 bits per heavy atom. The standard InChI is InChI=1S/C10H11Cl2NO/c1-2-13-6-10(14)7-3-4-8(11)9(12)5-7/h3-5,13H,2,6H2,1H3. The van der Waals surface area contributed by atoms with E-state index in [4.69, 9.17) is 23.2 Å². The summed E-state index contributed by atoms with van der Waals surface area (Å²) in [6.45, 7) is 3.05. The lowest BCUT2D eigenvalue weighted by molar-refractivity contribution is 0.0992. The third-order valence-corrected chi connectivity index (χ3v) is 2.52. The number of Topliss-reactive ketones (excluding diaryl/α,β-unsaturated/α-hetero) is 1. The zero-order chi connectivity index (χ0) is 10.6. The Bertz CT molecular complexity index is 339. The summed E-state index contributed by atoms with van der Waals surface area (Å²) in [5.41, 5.74) is 0.584. The Labute approximate surface area is 93.2 Å². The number of carbonyl (C=O) groups is 1. The summed E-state index contributed by atoms with van der Waals surface area (Å²) < 4.78 is 0. The number of hydrogen-bond donors (Lipinski definition) is 1. The van der Waals surface area contributed by atoms with Crippen LogP contribution in [-0.4, -0.2) is 18.9 Å². The zero-order valence-corrected chi connectivity index (χ0v) is 9.32. The minimum atomic E-state index is 0.0189. The Hall–Kier alpha value is -0.570. The molecule has 14 heavy (non-hydrogen) atoms. The molecule has 1 N–H and O–H groups in total. The maximum atomic E-state index is 11.5. The van der Waals surface area contributed by atoms with Crippen molar-refractivity contribution in [2.75, 3.05) is 13.1 Å². The fourth-order valence-corrected chi connectivity index (χ4v) is 1.31. The number of halogens is 2. The molecule has 1 aromatic rings. The van der Waals surface area contributed by atoms with Crippen LogP contribution in [0.25, 0.3) is 0 Å². The van der Waals surface area contributed by atoms with Gasteiger partial charge in [-0.1, -0.05) is 30.1 Å². The Morgan fingerprint density at radius 2 is 2.07 bits per heavy atom. The van der Waals surface area contributed by atoms with E-state index in [2.05, 4.69) is 5.32 Å². The number of rotatable bonds is 4. The Morgan fingerprint density at radius 1 is 1.36 bits per heavy atom. The van der Waals surface area contributed by atoms with E-state index in [9.17, 15) is 4.79 Å². The van der Waals surface area contributed by atoms with Gasteiger partial charge >= 0.3 is 0 Å².